The molecule has 0 saturated heterocycles. The molecule has 0 bridgehead atoms. The summed E-state index contributed by atoms with van der Waals surface area (Å²) in [6.45, 7) is 2.01. The Balaban J connectivity index is 1.32. The van der Waals surface area contributed by atoms with E-state index in [4.69, 9.17) is 16.3 Å². The SMILES string of the molecule is Cc1c(NS(=O)(=O)c2ccc(Cl)c(C(=O)OCC(=O)N3CCc4ccccc4C3)c2)c(=O)n(-c2ccccc2)n1C. The maximum atomic E-state index is 13.3. The normalized spacial score (nSPS) is 13.0. The smallest absolute Gasteiger partial charge is 0.340 e. The van der Waals surface area contributed by atoms with Gasteiger partial charge in [-0.15, -0.1) is 0 Å². The standard InChI is InChI=1S/C29H27ClN4O6S/c1-19-27(28(36)34(32(19)2)22-10-4-3-5-11-22)31-41(38,39)23-12-13-25(30)24(16-23)29(37)40-18-26(35)33-15-14-20-8-6-7-9-21(20)17-33/h3-13,16,31H,14-15,17-18H2,1-2H3. The summed E-state index contributed by atoms with van der Waals surface area (Å²) in [7, 11) is -2.67. The number of esters is 1. The van der Waals surface area contributed by atoms with Crippen LogP contribution in [-0.4, -0.2) is 47.7 Å². The lowest BCUT2D eigenvalue weighted by molar-refractivity contribution is -0.135. The number of carbonyl (C=O) groups excluding carboxylic acids is 2. The molecule has 0 atom stereocenters. The number of fused-ring (bicyclic) bond motifs is 1. The van der Waals surface area contributed by atoms with Crippen molar-refractivity contribution in [1.29, 1.82) is 0 Å². The summed E-state index contributed by atoms with van der Waals surface area (Å²) in [4.78, 5) is 40.1. The van der Waals surface area contributed by atoms with Gasteiger partial charge in [-0.25, -0.2) is 17.9 Å². The number of carbonyl (C=O) groups is 2. The van der Waals surface area contributed by atoms with Gasteiger partial charge < -0.3 is 9.64 Å². The molecule has 1 aliphatic rings. The van der Waals surface area contributed by atoms with Gasteiger partial charge in [0, 0.05) is 20.1 Å². The molecule has 1 N–H and O–H groups in total. The molecule has 5 rings (SSSR count). The first-order valence-electron chi connectivity index (χ1n) is 12.7. The fourth-order valence-corrected chi connectivity index (χ4v) is 6.05. The van der Waals surface area contributed by atoms with Crippen molar-refractivity contribution in [3.8, 4) is 5.69 Å². The Kier molecular flexibility index (Phi) is 7.74. The van der Waals surface area contributed by atoms with Crippen LogP contribution < -0.4 is 10.3 Å². The second-order valence-corrected chi connectivity index (χ2v) is 11.7. The van der Waals surface area contributed by atoms with Crippen molar-refractivity contribution in [2.45, 2.75) is 24.8 Å². The van der Waals surface area contributed by atoms with Crippen LogP contribution in [0.25, 0.3) is 5.69 Å². The lowest BCUT2D eigenvalue weighted by Crippen LogP contribution is -2.38. The second kappa shape index (κ2) is 11.3. The van der Waals surface area contributed by atoms with E-state index in [1.807, 2.05) is 24.3 Å². The van der Waals surface area contributed by atoms with Gasteiger partial charge in [-0.05, 0) is 54.8 Å². The Morgan fingerprint density at radius 2 is 1.68 bits per heavy atom. The number of sulfonamides is 1. The first-order chi connectivity index (χ1) is 19.6. The molecule has 0 saturated carbocycles. The minimum Gasteiger partial charge on any atom is -0.452 e. The fraction of sp³-hybridized carbons (Fsp3) is 0.207. The molecule has 12 heteroatoms. The average molecular weight is 595 g/mol. The summed E-state index contributed by atoms with van der Waals surface area (Å²) in [5.74, 6) is -1.32. The van der Waals surface area contributed by atoms with E-state index < -0.39 is 28.2 Å². The third-order valence-electron chi connectivity index (χ3n) is 7.07. The van der Waals surface area contributed by atoms with Gasteiger partial charge in [-0.3, -0.25) is 19.0 Å². The Bertz CT molecular complexity index is 1810. The van der Waals surface area contributed by atoms with Crippen molar-refractivity contribution in [3.63, 3.8) is 0 Å². The Morgan fingerprint density at radius 3 is 2.41 bits per heavy atom. The predicted molar refractivity (Wildman–Crippen MR) is 154 cm³/mol. The molecule has 0 spiro atoms. The molecule has 0 radical (unpaired) electrons. The van der Waals surface area contributed by atoms with E-state index >= 15 is 0 Å². The zero-order valence-corrected chi connectivity index (χ0v) is 23.9. The van der Waals surface area contributed by atoms with Crippen molar-refractivity contribution >= 4 is 39.2 Å². The Hall–Kier alpha value is -4.35. The van der Waals surface area contributed by atoms with Gasteiger partial charge in [0.15, 0.2) is 6.61 Å². The molecule has 4 aromatic rings. The highest BCUT2D eigenvalue weighted by Gasteiger charge is 2.26. The molecule has 10 nitrogen and oxygen atoms in total. The minimum absolute atomic E-state index is 0.0457. The number of para-hydroxylation sites is 1. The molecule has 41 heavy (non-hydrogen) atoms. The molecule has 1 aliphatic heterocycles. The molecule has 0 aliphatic carbocycles. The number of amides is 1. The van der Waals surface area contributed by atoms with Crippen molar-refractivity contribution in [1.82, 2.24) is 14.3 Å². The summed E-state index contributed by atoms with van der Waals surface area (Å²) in [6, 6.07) is 20.1. The molecule has 0 fully saturated rings. The predicted octanol–water partition coefficient (Wildman–Crippen LogP) is 3.68. The van der Waals surface area contributed by atoms with E-state index in [1.54, 1.807) is 49.2 Å². The first kappa shape index (κ1) is 28.2. The monoisotopic (exact) mass is 594 g/mol. The van der Waals surface area contributed by atoms with E-state index in [0.29, 0.717) is 30.9 Å². The van der Waals surface area contributed by atoms with Crippen LogP contribution in [0.15, 0.2) is 82.5 Å². The van der Waals surface area contributed by atoms with Crippen LogP contribution in [0.4, 0.5) is 5.69 Å². The van der Waals surface area contributed by atoms with Crippen LogP contribution in [0.1, 0.15) is 27.2 Å². The van der Waals surface area contributed by atoms with E-state index in [1.165, 1.54) is 27.1 Å². The first-order valence-corrected chi connectivity index (χ1v) is 14.6. The number of hydrogen-bond acceptors (Lipinski definition) is 6. The number of rotatable bonds is 7. The quantitative estimate of drug-likeness (QED) is 0.326. The van der Waals surface area contributed by atoms with Gasteiger partial charge in [-0.1, -0.05) is 54.1 Å². The maximum absolute atomic E-state index is 13.3. The summed E-state index contributed by atoms with van der Waals surface area (Å²) in [5, 5.41) is -0.0457. The molecule has 212 valence electrons. The van der Waals surface area contributed by atoms with Crippen LogP contribution in [-0.2, 0) is 39.6 Å². The second-order valence-electron chi connectivity index (χ2n) is 9.59. The highest BCUT2D eigenvalue weighted by molar-refractivity contribution is 7.92. The number of nitrogens with zero attached hydrogens (tertiary/aromatic N) is 3. The number of anilines is 1. The van der Waals surface area contributed by atoms with E-state index in [0.717, 1.165) is 11.6 Å². The van der Waals surface area contributed by atoms with Gasteiger partial charge in [-0.2, -0.15) is 0 Å². The number of halogens is 1. The number of hydrogen-bond donors (Lipinski definition) is 1. The Morgan fingerprint density at radius 1 is 1.00 bits per heavy atom. The number of ether oxygens (including phenoxy) is 1. The average Bonchev–Trinajstić information content (AvgIpc) is 3.18. The van der Waals surface area contributed by atoms with Gasteiger partial charge in [0.2, 0.25) is 0 Å². The highest BCUT2D eigenvalue weighted by atomic mass is 35.5. The van der Waals surface area contributed by atoms with E-state index in [9.17, 15) is 22.8 Å². The molecule has 3 aromatic carbocycles. The van der Waals surface area contributed by atoms with E-state index in [-0.39, 0.29) is 27.1 Å². The number of nitrogens with one attached hydrogen (secondary N) is 1. The summed E-state index contributed by atoms with van der Waals surface area (Å²) < 4.78 is 37.0. The summed E-state index contributed by atoms with van der Waals surface area (Å²) >= 11 is 6.20. The van der Waals surface area contributed by atoms with Crippen molar-refractivity contribution in [3.05, 3.63) is 111 Å². The van der Waals surface area contributed by atoms with Crippen molar-refractivity contribution < 1.29 is 22.7 Å². The van der Waals surface area contributed by atoms with Crippen molar-refractivity contribution in [2.75, 3.05) is 17.9 Å². The molecule has 2 heterocycles. The third kappa shape index (κ3) is 5.63. The van der Waals surface area contributed by atoms with Gasteiger partial charge in [0.1, 0.15) is 5.69 Å². The molecular formula is C29H27ClN4O6S. The van der Waals surface area contributed by atoms with Crippen LogP contribution in [0.5, 0.6) is 0 Å². The van der Waals surface area contributed by atoms with Gasteiger partial charge in [0.05, 0.1) is 26.9 Å². The zero-order chi connectivity index (χ0) is 29.3. The van der Waals surface area contributed by atoms with Gasteiger partial charge >= 0.3 is 5.97 Å². The highest BCUT2D eigenvalue weighted by Crippen LogP contribution is 2.25. The van der Waals surface area contributed by atoms with Crippen molar-refractivity contribution in [2.24, 2.45) is 7.05 Å². The summed E-state index contributed by atoms with van der Waals surface area (Å²) in [6.07, 6.45) is 0.700. The van der Waals surface area contributed by atoms with Crippen LogP contribution in [0.2, 0.25) is 5.02 Å². The number of benzene rings is 3. The van der Waals surface area contributed by atoms with E-state index in [2.05, 4.69) is 4.72 Å². The van der Waals surface area contributed by atoms with Crippen LogP contribution in [0.3, 0.4) is 0 Å². The van der Waals surface area contributed by atoms with Gasteiger partial charge in [0.25, 0.3) is 21.5 Å². The zero-order valence-electron chi connectivity index (χ0n) is 22.3. The third-order valence-corrected chi connectivity index (χ3v) is 8.75. The van der Waals surface area contributed by atoms with Crippen LogP contribution in [0, 0.1) is 6.92 Å². The Labute approximate surface area is 241 Å². The number of aromatic nitrogens is 2. The lowest BCUT2D eigenvalue weighted by Gasteiger charge is -2.28. The molecule has 0 unspecified atom stereocenters. The molecular weight excluding hydrogens is 568 g/mol. The topological polar surface area (TPSA) is 120 Å². The largest absolute Gasteiger partial charge is 0.452 e. The molecule has 1 aromatic heterocycles. The minimum atomic E-state index is -4.31. The fourth-order valence-electron chi connectivity index (χ4n) is 4.71. The molecule has 1 amide bonds. The lowest BCUT2D eigenvalue weighted by atomic mass is 10.00. The summed E-state index contributed by atoms with van der Waals surface area (Å²) in [5.41, 5.74) is 2.24. The maximum Gasteiger partial charge on any atom is 0.340 e. The van der Waals surface area contributed by atoms with Crippen LogP contribution >= 0.6 is 11.6 Å².